The van der Waals surface area contributed by atoms with Gasteiger partial charge in [0.1, 0.15) is 0 Å². The Morgan fingerprint density at radius 1 is 0.882 bits per heavy atom. The highest BCUT2D eigenvalue weighted by molar-refractivity contribution is 6.06. The number of rotatable bonds is 5. The van der Waals surface area contributed by atoms with Crippen molar-refractivity contribution in [2.24, 2.45) is 0 Å². The molecule has 0 N–H and O–H groups in total. The second-order valence-corrected chi connectivity index (χ2v) is 8.57. The van der Waals surface area contributed by atoms with E-state index in [0.29, 0.717) is 18.6 Å². The largest absolute Gasteiger partial charge is 0.459 e. The van der Waals surface area contributed by atoms with Crippen molar-refractivity contribution in [2.45, 2.75) is 31.8 Å². The highest BCUT2D eigenvalue weighted by Crippen LogP contribution is 2.42. The van der Waals surface area contributed by atoms with E-state index in [9.17, 15) is 9.59 Å². The van der Waals surface area contributed by atoms with Crippen LogP contribution in [0.15, 0.2) is 108 Å². The van der Waals surface area contributed by atoms with Gasteiger partial charge in [-0.3, -0.25) is 9.59 Å². The maximum absolute atomic E-state index is 13.8. The Bertz CT molecular complexity index is 1270. The lowest BCUT2D eigenvalue weighted by molar-refractivity contribution is -0.118. The lowest BCUT2D eigenvalue weighted by Gasteiger charge is -2.43. The molecule has 5 rings (SSSR count). The molecule has 2 amide bonds. The fourth-order valence-electron chi connectivity index (χ4n) is 4.80. The first-order chi connectivity index (χ1) is 16.6. The number of nitrogens with zero attached hydrogens (tertiary/aromatic N) is 2. The molecule has 2 atom stereocenters. The minimum absolute atomic E-state index is 0.0233. The highest BCUT2D eigenvalue weighted by Gasteiger charge is 2.39. The van der Waals surface area contributed by atoms with Crippen LogP contribution >= 0.6 is 0 Å². The predicted molar refractivity (Wildman–Crippen MR) is 133 cm³/mol. The molecule has 1 aromatic heterocycles. The zero-order valence-corrected chi connectivity index (χ0v) is 19.0. The zero-order chi connectivity index (χ0) is 23.5. The van der Waals surface area contributed by atoms with E-state index in [-0.39, 0.29) is 23.9 Å². The van der Waals surface area contributed by atoms with Gasteiger partial charge < -0.3 is 14.2 Å². The molecule has 0 aliphatic carbocycles. The molecule has 0 saturated heterocycles. The maximum atomic E-state index is 13.8. The van der Waals surface area contributed by atoms with Crippen LogP contribution in [0, 0.1) is 0 Å². The molecule has 0 bridgehead atoms. The molecular weight excluding hydrogens is 424 g/mol. The van der Waals surface area contributed by atoms with Gasteiger partial charge in [0, 0.05) is 17.4 Å². The quantitative estimate of drug-likeness (QED) is 0.373. The van der Waals surface area contributed by atoms with E-state index in [1.807, 2.05) is 96.8 Å². The monoisotopic (exact) mass is 450 g/mol. The van der Waals surface area contributed by atoms with Gasteiger partial charge in [0.25, 0.3) is 5.91 Å². The van der Waals surface area contributed by atoms with Gasteiger partial charge in [-0.1, -0.05) is 66.7 Å². The third kappa shape index (κ3) is 4.13. The first-order valence-electron chi connectivity index (χ1n) is 11.5. The van der Waals surface area contributed by atoms with Gasteiger partial charge in [0.05, 0.1) is 18.7 Å². The van der Waals surface area contributed by atoms with E-state index in [1.165, 1.54) is 6.26 Å². The number of carbonyl (C=O) groups is 2. The summed E-state index contributed by atoms with van der Waals surface area (Å²) in [6.07, 6.45) is 2.42. The Kier molecular flexibility index (Phi) is 6.00. The number of amides is 2. The summed E-state index contributed by atoms with van der Waals surface area (Å²) in [6.45, 7) is 2.02. The molecule has 1 aliphatic rings. The number of benzene rings is 3. The number of hydrogen-bond donors (Lipinski definition) is 0. The van der Waals surface area contributed by atoms with Crippen LogP contribution in [0.4, 0.5) is 11.4 Å². The fourth-order valence-corrected chi connectivity index (χ4v) is 4.80. The van der Waals surface area contributed by atoms with Crippen molar-refractivity contribution in [3.05, 3.63) is 120 Å². The van der Waals surface area contributed by atoms with Gasteiger partial charge in [-0.2, -0.15) is 0 Å². The van der Waals surface area contributed by atoms with E-state index in [2.05, 4.69) is 0 Å². The zero-order valence-electron chi connectivity index (χ0n) is 19.0. The van der Waals surface area contributed by atoms with Gasteiger partial charge in [-0.25, -0.2) is 0 Å². The molecule has 5 nitrogen and oxygen atoms in total. The summed E-state index contributed by atoms with van der Waals surface area (Å²) in [5.41, 5.74) is 3.58. The van der Waals surface area contributed by atoms with Crippen LogP contribution in [-0.2, 0) is 11.2 Å². The van der Waals surface area contributed by atoms with Gasteiger partial charge in [0.2, 0.25) is 5.91 Å². The minimum Gasteiger partial charge on any atom is -0.459 e. The van der Waals surface area contributed by atoms with Crippen LogP contribution in [-0.4, -0.2) is 17.9 Å². The molecule has 5 heteroatoms. The van der Waals surface area contributed by atoms with Gasteiger partial charge in [0.15, 0.2) is 5.76 Å². The lowest BCUT2D eigenvalue weighted by atomic mass is 9.89. The fraction of sp³-hybridized carbons (Fsp3) is 0.172. The van der Waals surface area contributed by atoms with Crippen molar-refractivity contribution >= 4 is 23.2 Å². The Morgan fingerprint density at radius 3 is 2.26 bits per heavy atom. The smallest absolute Gasteiger partial charge is 0.294 e. The second kappa shape index (κ2) is 9.40. The maximum Gasteiger partial charge on any atom is 0.294 e. The predicted octanol–water partition coefficient (Wildman–Crippen LogP) is 6.04. The number of fused-ring (bicyclic) bond motifs is 1. The van der Waals surface area contributed by atoms with E-state index in [0.717, 1.165) is 22.5 Å². The lowest BCUT2D eigenvalue weighted by Crippen LogP contribution is -2.48. The van der Waals surface area contributed by atoms with Crippen LogP contribution in [0.5, 0.6) is 0 Å². The van der Waals surface area contributed by atoms with Gasteiger partial charge in [-0.05, 0) is 54.8 Å². The topological polar surface area (TPSA) is 53.8 Å². The normalized spacial score (nSPS) is 17.1. The molecule has 4 aromatic rings. The summed E-state index contributed by atoms with van der Waals surface area (Å²) in [6, 6.07) is 30.5. The van der Waals surface area contributed by atoms with Crippen LogP contribution in [0.3, 0.4) is 0 Å². The summed E-state index contributed by atoms with van der Waals surface area (Å²) < 4.78 is 5.40. The molecular formula is C29H26N2O3. The van der Waals surface area contributed by atoms with Crippen LogP contribution in [0.25, 0.3) is 0 Å². The highest BCUT2D eigenvalue weighted by atomic mass is 16.3. The first-order valence-corrected chi connectivity index (χ1v) is 11.5. The van der Waals surface area contributed by atoms with Crippen LogP contribution < -0.4 is 9.80 Å². The van der Waals surface area contributed by atoms with E-state index in [1.54, 1.807) is 17.0 Å². The third-order valence-electron chi connectivity index (χ3n) is 6.32. The summed E-state index contributed by atoms with van der Waals surface area (Å²) in [5.74, 6) is 0.153. The Morgan fingerprint density at radius 2 is 1.56 bits per heavy atom. The number of hydrogen-bond acceptors (Lipinski definition) is 3. The third-order valence-corrected chi connectivity index (χ3v) is 6.32. The van der Waals surface area contributed by atoms with Crippen molar-refractivity contribution in [1.29, 1.82) is 0 Å². The van der Waals surface area contributed by atoms with Crippen molar-refractivity contribution in [3.8, 4) is 0 Å². The molecule has 170 valence electrons. The number of anilines is 2. The summed E-state index contributed by atoms with van der Waals surface area (Å²) in [7, 11) is 0. The van der Waals surface area contributed by atoms with E-state index >= 15 is 0 Å². The van der Waals surface area contributed by atoms with Gasteiger partial charge in [-0.15, -0.1) is 0 Å². The average molecular weight is 451 g/mol. The molecule has 0 radical (unpaired) electrons. The minimum atomic E-state index is -0.203. The standard InChI is InChI=1S/C29H26N2O3/c1-21-19-26(24-15-8-9-16-25(24)30(21)29(33)27-17-10-18-34-27)31(23-13-6-3-7-14-23)28(32)20-22-11-4-2-5-12-22/h2-18,21,26H,19-20H2,1H3/t21-,26+/m1/s1. The Balaban J connectivity index is 1.56. The molecule has 2 heterocycles. The molecule has 3 aromatic carbocycles. The molecule has 0 fully saturated rings. The molecule has 1 aliphatic heterocycles. The van der Waals surface area contributed by atoms with Crippen molar-refractivity contribution in [1.82, 2.24) is 0 Å². The number of para-hydroxylation sites is 2. The molecule has 0 saturated carbocycles. The summed E-state index contributed by atoms with van der Waals surface area (Å²) >= 11 is 0. The number of carbonyl (C=O) groups excluding carboxylic acids is 2. The molecule has 0 spiro atoms. The summed E-state index contributed by atoms with van der Waals surface area (Å²) in [4.78, 5) is 30.8. The summed E-state index contributed by atoms with van der Waals surface area (Å²) in [5, 5.41) is 0. The Hall–Kier alpha value is -4.12. The average Bonchev–Trinajstić information content (AvgIpc) is 3.40. The van der Waals surface area contributed by atoms with E-state index in [4.69, 9.17) is 4.42 Å². The van der Waals surface area contributed by atoms with Crippen LogP contribution in [0.2, 0.25) is 0 Å². The molecule has 0 unspecified atom stereocenters. The Labute approximate surface area is 199 Å². The SMILES string of the molecule is C[C@@H]1C[C@H](N(C(=O)Cc2ccccc2)c2ccccc2)c2ccccc2N1C(=O)c1ccco1. The molecule has 34 heavy (non-hydrogen) atoms. The van der Waals surface area contributed by atoms with Gasteiger partial charge >= 0.3 is 0 Å². The van der Waals surface area contributed by atoms with Crippen LogP contribution in [0.1, 0.15) is 41.1 Å². The van der Waals surface area contributed by atoms with E-state index < -0.39 is 0 Å². The van der Waals surface area contributed by atoms with Crippen molar-refractivity contribution in [2.75, 3.05) is 9.80 Å². The van der Waals surface area contributed by atoms with Crippen molar-refractivity contribution < 1.29 is 14.0 Å². The first kappa shape index (κ1) is 21.7. The van der Waals surface area contributed by atoms with Crippen molar-refractivity contribution in [3.63, 3.8) is 0 Å². The second-order valence-electron chi connectivity index (χ2n) is 8.57. The number of furan rings is 1.